The largest absolute Gasteiger partial charge is 0.481 e. The van der Waals surface area contributed by atoms with E-state index in [4.69, 9.17) is 5.11 Å². The molecule has 13 heteroatoms. The number of urea groups is 1. The van der Waals surface area contributed by atoms with Gasteiger partial charge in [-0.3, -0.25) is 24.5 Å². The lowest BCUT2D eigenvalue weighted by atomic mass is 10.1. The summed E-state index contributed by atoms with van der Waals surface area (Å²) >= 11 is 1.02. The molecule has 0 fully saturated rings. The van der Waals surface area contributed by atoms with Crippen molar-refractivity contribution in [3.05, 3.63) is 82.9 Å². The molecule has 0 bridgehead atoms. The van der Waals surface area contributed by atoms with E-state index in [1.54, 1.807) is 24.3 Å². The van der Waals surface area contributed by atoms with Crippen LogP contribution in [0.4, 0.5) is 9.93 Å². The zero-order chi connectivity index (χ0) is 27.3. The second-order valence-corrected chi connectivity index (χ2v) is 8.79. The molecule has 6 N–H and O–H groups in total. The fourth-order valence-corrected chi connectivity index (χ4v) is 3.83. The molecule has 0 saturated carbocycles. The molecule has 0 radical (unpaired) electrons. The Labute approximate surface area is 221 Å². The predicted molar refractivity (Wildman–Crippen MR) is 139 cm³/mol. The van der Waals surface area contributed by atoms with Crippen molar-refractivity contribution in [2.75, 3.05) is 11.9 Å². The van der Waals surface area contributed by atoms with Crippen molar-refractivity contribution < 1.29 is 29.1 Å². The van der Waals surface area contributed by atoms with Crippen LogP contribution in [0.15, 0.2) is 66.0 Å². The Hall–Kier alpha value is -4.78. The molecule has 3 rings (SSSR count). The van der Waals surface area contributed by atoms with Crippen LogP contribution in [-0.2, 0) is 27.5 Å². The molecule has 1 aromatic heterocycles. The van der Waals surface area contributed by atoms with E-state index in [0.717, 1.165) is 22.5 Å². The van der Waals surface area contributed by atoms with E-state index in [1.807, 2.05) is 36.4 Å². The molecule has 3 aromatic rings. The number of amides is 5. The van der Waals surface area contributed by atoms with Crippen molar-refractivity contribution in [2.24, 2.45) is 0 Å². The predicted octanol–water partition coefficient (Wildman–Crippen LogP) is 1.47. The maximum Gasteiger partial charge on any atom is 0.321 e. The Morgan fingerprint density at radius 1 is 0.842 bits per heavy atom. The van der Waals surface area contributed by atoms with E-state index >= 15 is 0 Å². The number of carbonyl (C=O) groups excluding carboxylic acids is 4. The highest BCUT2D eigenvalue weighted by Crippen LogP contribution is 2.15. The first-order chi connectivity index (χ1) is 18.3. The van der Waals surface area contributed by atoms with E-state index < -0.39 is 48.7 Å². The van der Waals surface area contributed by atoms with E-state index in [0.29, 0.717) is 6.54 Å². The highest BCUT2D eigenvalue weighted by Gasteiger charge is 2.24. The number of aromatic nitrogens is 1. The number of carbonyl (C=O) groups is 5. The fourth-order valence-electron chi connectivity index (χ4n) is 3.14. The van der Waals surface area contributed by atoms with Crippen molar-refractivity contribution in [2.45, 2.75) is 25.6 Å². The SMILES string of the molecule is O=C(O)C[C@H](NC(=O)CNC(=O)c1csc(NC(=O)NCc2ccccc2)n1)C(=O)NCc1ccccc1. The standard InChI is InChI=1S/C25H26N6O6S/c32-20(29-18(11-21(33)34)22(35)26-12-16-7-3-1-4-8-16)14-27-23(36)19-15-38-25(30-19)31-24(37)28-13-17-9-5-2-6-10-17/h1-10,15,18H,11-14H2,(H,26,35)(H,27,36)(H,29,32)(H,33,34)(H2,28,30,31,37)/t18-/m0/s1. The van der Waals surface area contributed by atoms with Crippen molar-refractivity contribution in [3.8, 4) is 0 Å². The van der Waals surface area contributed by atoms with Crippen LogP contribution in [0.3, 0.4) is 0 Å². The summed E-state index contributed by atoms with van der Waals surface area (Å²) < 4.78 is 0. The lowest BCUT2D eigenvalue weighted by molar-refractivity contribution is -0.140. The molecule has 198 valence electrons. The number of nitrogens with zero attached hydrogens (tertiary/aromatic N) is 1. The number of rotatable bonds is 12. The van der Waals surface area contributed by atoms with E-state index in [1.165, 1.54) is 5.38 Å². The summed E-state index contributed by atoms with van der Waals surface area (Å²) in [7, 11) is 0. The number of nitrogens with one attached hydrogen (secondary N) is 5. The molecule has 0 aliphatic heterocycles. The molecule has 0 saturated heterocycles. The van der Waals surface area contributed by atoms with E-state index in [9.17, 15) is 24.0 Å². The van der Waals surface area contributed by atoms with Gasteiger partial charge in [0, 0.05) is 18.5 Å². The van der Waals surface area contributed by atoms with Gasteiger partial charge in [-0.15, -0.1) is 11.3 Å². The van der Waals surface area contributed by atoms with Crippen LogP contribution in [-0.4, -0.2) is 52.4 Å². The van der Waals surface area contributed by atoms with Crippen LogP contribution in [0.1, 0.15) is 28.0 Å². The summed E-state index contributed by atoms with van der Waals surface area (Å²) in [6, 6.07) is 16.5. The van der Waals surface area contributed by atoms with Gasteiger partial charge >= 0.3 is 12.0 Å². The number of anilines is 1. The molecule has 0 unspecified atom stereocenters. The van der Waals surface area contributed by atoms with Crippen molar-refractivity contribution in [1.29, 1.82) is 0 Å². The van der Waals surface area contributed by atoms with Crippen molar-refractivity contribution >= 4 is 46.2 Å². The van der Waals surface area contributed by atoms with Crippen molar-refractivity contribution in [1.82, 2.24) is 26.3 Å². The van der Waals surface area contributed by atoms with E-state index in [2.05, 4.69) is 31.6 Å². The van der Waals surface area contributed by atoms with Gasteiger partial charge in [0.25, 0.3) is 5.91 Å². The smallest absolute Gasteiger partial charge is 0.321 e. The van der Waals surface area contributed by atoms with Gasteiger partial charge in [-0.2, -0.15) is 0 Å². The third-order valence-corrected chi connectivity index (χ3v) is 5.76. The number of aliphatic carboxylic acids is 1. The highest BCUT2D eigenvalue weighted by atomic mass is 32.1. The number of hydrogen-bond acceptors (Lipinski definition) is 7. The molecule has 2 aromatic carbocycles. The van der Waals surface area contributed by atoms with Gasteiger partial charge in [0.1, 0.15) is 11.7 Å². The van der Waals surface area contributed by atoms with Gasteiger partial charge in [-0.05, 0) is 11.1 Å². The Morgan fingerprint density at radius 2 is 1.45 bits per heavy atom. The molecular formula is C25H26N6O6S. The van der Waals surface area contributed by atoms with Crippen LogP contribution in [0, 0.1) is 0 Å². The summed E-state index contributed by atoms with van der Waals surface area (Å²) in [6.07, 6.45) is -0.631. The fraction of sp³-hybridized carbons (Fsp3) is 0.200. The number of hydrogen-bond donors (Lipinski definition) is 6. The zero-order valence-corrected chi connectivity index (χ0v) is 20.9. The molecule has 0 aliphatic rings. The van der Waals surface area contributed by atoms with Crippen LogP contribution in [0.2, 0.25) is 0 Å². The molecule has 1 heterocycles. The lowest BCUT2D eigenvalue weighted by Crippen LogP contribution is -2.50. The van der Waals surface area contributed by atoms with Gasteiger partial charge in [0.05, 0.1) is 13.0 Å². The third-order valence-electron chi connectivity index (χ3n) is 5.00. The van der Waals surface area contributed by atoms with Crippen LogP contribution in [0.25, 0.3) is 0 Å². The summed E-state index contributed by atoms with van der Waals surface area (Å²) in [6.45, 7) is -0.0424. The first kappa shape index (κ1) is 27.8. The average molecular weight is 539 g/mol. The van der Waals surface area contributed by atoms with Crippen LogP contribution >= 0.6 is 11.3 Å². The van der Waals surface area contributed by atoms with Gasteiger partial charge in [-0.1, -0.05) is 60.7 Å². The lowest BCUT2D eigenvalue weighted by Gasteiger charge is -2.17. The molecule has 12 nitrogen and oxygen atoms in total. The molecule has 0 aliphatic carbocycles. The van der Waals surface area contributed by atoms with Gasteiger partial charge < -0.3 is 26.4 Å². The summed E-state index contributed by atoms with van der Waals surface area (Å²) in [5.74, 6) is -3.38. The molecule has 0 spiro atoms. The minimum atomic E-state index is -1.33. The van der Waals surface area contributed by atoms with Crippen LogP contribution < -0.4 is 26.6 Å². The monoisotopic (exact) mass is 538 g/mol. The summed E-state index contributed by atoms with van der Waals surface area (Å²) in [5.41, 5.74) is 1.70. The number of thiazole rings is 1. The molecular weight excluding hydrogens is 512 g/mol. The van der Waals surface area contributed by atoms with Crippen molar-refractivity contribution in [3.63, 3.8) is 0 Å². The van der Waals surface area contributed by atoms with E-state index in [-0.39, 0.29) is 17.4 Å². The second kappa shape index (κ2) is 14.1. The minimum Gasteiger partial charge on any atom is -0.481 e. The summed E-state index contributed by atoms with van der Waals surface area (Å²) in [5, 5.41) is 23.2. The molecule has 1 atom stereocenters. The average Bonchev–Trinajstić information content (AvgIpc) is 3.38. The minimum absolute atomic E-state index is 0.0242. The van der Waals surface area contributed by atoms with Gasteiger partial charge in [0.2, 0.25) is 11.8 Å². The second-order valence-electron chi connectivity index (χ2n) is 7.94. The molecule has 5 amide bonds. The Morgan fingerprint density at radius 3 is 2.05 bits per heavy atom. The Kier molecular flexibility index (Phi) is 10.3. The number of benzene rings is 2. The Bertz CT molecular complexity index is 1270. The van der Waals surface area contributed by atoms with Crippen LogP contribution in [0.5, 0.6) is 0 Å². The quantitative estimate of drug-likeness (QED) is 0.202. The highest BCUT2D eigenvalue weighted by molar-refractivity contribution is 7.14. The number of carboxylic acids is 1. The summed E-state index contributed by atoms with van der Waals surface area (Å²) in [4.78, 5) is 64.4. The van der Waals surface area contributed by atoms with Gasteiger partial charge in [0.15, 0.2) is 5.13 Å². The maximum absolute atomic E-state index is 12.4. The zero-order valence-electron chi connectivity index (χ0n) is 20.1. The molecule has 38 heavy (non-hydrogen) atoms. The first-order valence-corrected chi connectivity index (χ1v) is 12.3. The Balaban J connectivity index is 1.44. The normalized spacial score (nSPS) is 11.1. The number of carboxylic acid groups (broad SMARTS) is 1. The topological polar surface area (TPSA) is 179 Å². The third kappa shape index (κ3) is 9.35. The van der Waals surface area contributed by atoms with Gasteiger partial charge in [-0.25, -0.2) is 9.78 Å². The first-order valence-electron chi connectivity index (χ1n) is 11.5. The maximum atomic E-state index is 12.4.